The molecule has 2 N–H and O–H groups in total. The number of thioether (sulfide) groups is 1. The molecule has 1 aliphatic rings. The summed E-state index contributed by atoms with van der Waals surface area (Å²) in [6, 6.07) is 10.7. The summed E-state index contributed by atoms with van der Waals surface area (Å²) < 4.78 is 0. The predicted molar refractivity (Wildman–Crippen MR) is 94.3 cm³/mol. The molecule has 0 aliphatic heterocycles. The Morgan fingerprint density at radius 1 is 1.18 bits per heavy atom. The van der Waals surface area contributed by atoms with E-state index in [0.29, 0.717) is 17.9 Å². The fourth-order valence-electron chi connectivity index (χ4n) is 2.33. The van der Waals surface area contributed by atoms with Gasteiger partial charge in [-0.05, 0) is 45.1 Å². The molecule has 22 heavy (non-hydrogen) atoms. The highest BCUT2D eigenvalue weighted by molar-refractivity contribution is 7.98. The van der Waals surface area contributed by atoms with Crippen molar-refractivity contribution in [2.24, 2.45) is 0 Å². The Morgan fingerprint density at radius 3 is 2.64 bits per heavy atom. The number of para-hydroxylation sites is 1. The van der Waals surface area contributed by atoms with E-state index in [0.717, 1.165) is 17.2 Å². The number of hydrogen-bond donors (Lipinski definition) is 2. The molecule has 1 heterocycles. The highest BCUT2D eigenvalue weighted by atomic mass is 32.2. The largest absolute Gasteiger partial charge is 0.352 e. The topological polar surface area (TPSA) is 49.8 Å². The Hall–Kier alpha value is -1.75. The summed E-state index contributed by atoms with van der Waals surface area (Å²) >= 11 is 1.73. The molecule has 0 radical (unpaired) electrons. The van der Waals surface area contributed by atoms with E-state index in [2.05, 4.69) is 65.0 Å². The first-order valence-corrected chi connectivity index (χ1v) is 8.93. The fourth-order valence-corrected chi connectivity index (χ4v) is 2.88. The van der Waals surface area contributed by atoms with Crippen LogP contribution in [0.15, 0.2) is 35.2 Å². The van der Waals surface area contributed by atoms with Gasteiger partial charge in [0.1, 0.15) is 5.82 Å². The molecule has 3 rings (SSSR count). The van der Waals surface area contributed by atoms with Gasteiger partial charge in [0.05, 0.1) is 11.4 Å². The molecule has 0 bridgehead atoms. The number of nitrogens with zero attached hydrogens (tertiary/aromatic N) is 2. The first-order chi connectivity index (χ1) is 10.7. The fraction of sp³-hybridized carbons (Fsp3) is 0.412. The van der Waals surface area contributed by atoms with Gasteiger partial charge in [0.25, 0.3) is 0 Å². The van der Waals surface area contributed by atoms with E-state index in [1.54, 1.807) is 11.8 Å². The monoisotopic (exact) mass is 314 g/mol. The summed E-state index contributed by atoms with van der Waals surface area (Å²) in [6.45, 7) is 4.20. The molecular weight excluding hydrogens is 292 g/mol. The second kappa shape index (κ2) is 6.57. The lowest BCUT2D eigenvalue weighted by Gasteiger charge is -2.14. The van der Waals surface area contributed by atoms with Crippen LogP contribution in [-0.4, -0.2) is 22.3 Å². The number of aromatic nitrogens is 2. The third-order valence-corrected chi connectivity index (χ3v) is 4.32. The maximum absolute atomic E-state index is 4.65. The van der Waals surface area contributed by atoms with Crippen molar-refractivity contribution in [3.05, 3.63) is 36.0 Å². The summed E-state index contributed by atoms with van der Waals surface area (Å²) in [4.78, 5) is 10.5. The van der Waals surface area contributed by atoms with E-state index >= 15 is 0 Å². The highest BCUT2D eigenvalue weighted by Gasteiger charge is 2.26. The van der Waals surface area contributed by atoms with Gasteiger partial charge in [-0.1, -0.05) is 12.1 Å². The minimum absolute atomic E-state index is 0.320. The third kappa shape index (κ3) is 3.71. The summed E-state index contributed by atoms with van der Waals surface area (Å²) in [5.41, 5.74) is 2.23. The standard InChI is InChI=1S/C17H22N4S/c1-11(2)18-17-20-14(12-8-9-12)10-16(21-17)19-13-6-4-5-7-15(13)22-3/h4-7,10-12H,8-9H2,1-3H3,(H2,18,19,20,21). The molecule has 1 aromatic carbocycles. The van der Waals surface area contributed by atoms with Crippen LogP contribution in [0.3, 0.4) is 0 Å². The van der Waals surface area contributed by atoms with Crippen LogP contribution in [0.5, 0.6) is 0 Å². The zero-order valence-electron chi connectivity index (χ0n) is 13.3. The van der Waals surface area contributed by atoms with Crippen molar-refractivity contribution in [1.29, 1.82) is 0 Å². The predicted octanol–water partition coefficient (Wildman–Crippen LogP) is 4.64. The zero-order valence-corrected chi connectivity index (χ0v) is 14.1. The smallest absolute Gasteiger partial charge is 0.225 e. The molecule has 5 heteroatoms. The van der Waals surface area contributed by atoms with Gasteiger partial charge >= 0.3 is 0 Å². The van der Waals surface area contributed by atoms with Gasteiger partial charge in [-0.15, -0.1) is 11.8 Å². The minimum Gasteiger partial charge on any atom is -0.352 e. The number of nitrogens with one attached hydrogen (secondary N) is 2. The average molecular weight is 314 g/mol. The van der Waals surface area contributed by atoms with Crippen LogP contribution >= 0.6 is 11.8 Å². The molecule has 0 saturated heterocycles. The van der Waals surface area contributed by atoms with Crippen molar-refractivity contribution in [3.63, 3.8) is 0 Å². The van der Waals surface area contributed by atoms with E-state index in [9.17, 15) is 0 Å². The lowest BCUT2D eigenvalue weighted by molar-refractivity contribution is 0.864. The number of benzene rings is 1. The van der Waals surface area contributed by atoms with Crippen molar-refractivity contribution in [1.82, 2.24) is 9.97 Å². The van der Waals surface area contributed by atoms with Crippen LogP contribution in [0.4, 0.5) is 17.5 Å². The molecule has 0 unspecified atom stereocenters. The lowest BCUT2D eigenvalue weighted by atomic mass is 10.2. The van der Waals surface area contributed by atoms with Gasteiger partial charge in [0.15, 0.2) is 0 Å². The zero-order chi connectivity index (χ0) is 15.5. The third-order valence-electron chi connectivity index (χ3n) is 3.53. The SMILES string of the molecule is CSc1ccccc1Nc1cc(C2CC2)nc(NC(C)C)n1. The van der Waals surface area contributed by atoms with Crippen LogP contribution < -0.4 is 10.6 Å². The molecule has 1 fully saturated rings. The maximum Gasteiger partial charge on any atom is 0.225 e. The van der Waals surface area contributed by atoms with Crippen LogP contribution in [0.2, 0.25) is 0 Å². The van der Waals surface area contributed by atoms with Crippen molar-refractivity contribution in [3.8, 4) is 0 Å². The van der Waals surface area contributed by atoms with Gasteiger partial charge < -0.3 is 10.6 Å². The lowest BCUT2D eigenvalue weighted by Crippen LogP contribution is -2.14. The van der Waals surface area contributed by atoms with Crippen LogP contribution in [-0.2, 0) is 0 Å². The first-order valence-electron chi connectivity index (χ1n) is 7.71. The number of anilines is 3. The van der Waals surface area contributed by atoms with Crippen LogP contribution in [0, 0.1) is 0 Å². The molecule has 116 valence electrons. The highest BCUT2D eigenvalue weighted by Crippen LogP contribution is 2.40. The molecule has 2 aromatic rings. The molecule has 0 amide bonds. The Morgan fingerprint density at radius 2 is 1.95 bits per heavy atom. The van der Waals surface area contributed by atoms with E-state index < -0.39 is 0 Å². The van der Waals surface area contributed by atoms with E-state index in [4.69, 9.17) is 0 Å². The van der Waals surface area contributed by atoms with Crippen molar-refractivity contribution in [2.75, 3.05) is 16.9 Å². The second-order valence-corrected chi connectivity index (χ2v) is 6.75. The normalized spacial score (nSPS) is 14.2. The maximum atomic E-state index is 4.65. The van der Waals surface area contributed by atoms with E-state index in [1.807, 2.05) is 6.07 Å². The van der Waals surface area contributed by atoms with Crippen LogP contribution in [0.1, 0.15) is 38.3 Å². The van der Waals surface area contributed by atoms with Crippen LogP contribution in [0.25, 0.3) is 0 Å². The molecule has 0 atom stereocenters. The minimum atomic E-state index is 0.320. The first kappa shape index (κ1) is 15.2. The molecule has 1 aliphatic carbocycles. The second-order valence-electron chi connectivity index (χ2n) is 5.90. The molecule has 4 nitrogen and oxygen atoms in total. The van der Waals surface area contributed by atoms with Crippen molar-refractivity contribution < 1.29 is 0 Å². The average Bonchev–Trinajstić information content (AvgIpc) is 3.31. The number of rotatable bonds is 6. The van der Waals surface area contributed by atoms with Crippen molar-refractivity contribution in [2.45, 2.75) is 43.5 Å². The summed E-state index contributed by atoms with van der Waals surface area (Å²) in [5.74, 6) is 2.18. The Balaban J connectivity index is 1.90. The van der Waals surface area contributed by atoms with Gasteiger partial charge in [0.2, 0.25) is 5.95 Å². The molecule has 1 aromatic heterocycles. The van der Waals surface area contributed by atoms with Gasteiger partial charge in [0, 0.05) is 22.9 Å². The van der Waals surface area contributed by atoms with E-state index in [-0.39, 0.29) is 0 Å². The number of hydrogen-bond acceptors (Lipinski definition) is 5. The Labute approximate surface area is 136 Å². The van der Waals surface area contributed by atoms with Crippen molar-refractivity contribution >= 4 is 29.2 Å². The quantitative estimate of drug-likeness (QED) is 0.761. The van der Waals surface area contributed by atoms with Gasteiger partial charge in [-0.25, -0.2) is 4.98 Å². The molecule has 1 saturated carbocycles. The summed E-state index contributed by atoms with van der Waals surface area (Å²) in [5, 5.41) is 6.76. The summed E-state index contributed by atoms with van der Waals surface area (Å²) in [6.07, 6.45) is 4.56. The van der Waals surface area contributed by atoms with Gasteiger partial charge in [-0.3, -0.25) is 0 Å². The van der Waals surface area contributed by atoms with Gasteiger partial charge in [-0.2, -0.15) is 4.98 Å². The molecular formula is C17H22N4S. The Bertz CT molecular complexity index is 653. The summed E-state index contributed by atoms with van der Waals surface area (Å²) in [7, 11) is 0. The van der Waals surface area contributed by atoms with E-state index in [1.165, 1.54) is 17.7 Å². The Kier molecular flexibility index (Phi) is 4.52. The molecule has 0 spiro atoms.